The number of hydrogen-bond acceptors (Lipinski definition) is 6. The first kappa shape index (κ1) is 20.1. The van der Waals surface area contributed by atoms with Crippen LogP contribution in [0.2, 0.25) is 5.02 Å². The minimum absolute atomic E-state index is 0.206. The molecular formula is C20H20ClN3O3S2. The molecule has 0 bridgehead atoms. The van der Waals surface area contributed by atoms with Crippen molar-refractivity contribution in [2.75, 3.05) is 29.6 Å². The van der Waals surface area contributed by atoms with E-state index < -0.39 is 9.84 Å². The zero-order valence-electron chi connectivity index (χ0n) is 15.8. The van der Waals surface area contributed by atoms with Crippen molar-refractivity contribution in [1.29, 1.82) is 0 Å². The Morgan fingerprint density at radius 3 is 2.62 bits per heavy atom. The monoisotopic (exact) mass is 449 g/mol. The lowest BCUT2D eigenvalue weighted by molar-refractivity contribution is 0.102. The summed E-state index contributed by atoms with van der Waals surface area (Å²) in [5.74, 6) is -0.276. The summed E-state index contributed by atoms with van der Waals surface area (Å²) in [6, 6.07) is 10.0. The summed E-state index contributed by atoms with van der Waals surface area (Å²) in [5.41, 5.74) is 1.92. The fourth-order valence-corrected chi connectivity index (χ4v) is 5.11. The lowest BCUT2D eigenvalue weighted by Crippen LogP contribution is -2.29. The number of amides is 1. The number of aromatic nitrogens is 1. The van der Waals surface area contributed by atoms with Crippen molar-refractivity contribution in [2.45, 2.75) is 24.2 Å². The summed E-state index contributed by atoms with van der Waals surface area (Å²) >= 11 is 7.67. The molecule has 29 heavy (non-hydrogen) atoms. The number of thiazole rings is 1. The second-order valence-corrected chi connectivity index (χ2v) is 10.5. The zero-order valence-corrected chi connectivity index (χ0v) is 18.2. The lowest BCUT2D eigenvalue weighted by atomic mass is 10.1. The van der Waals surface area contributed by atoms with Crippen molar-refractivity contribution < 1.29 is 13.2 Å². The summed E-state index contributed by atoms with van der Waals surface area (Å²) in [6.07, 6.45) is 4.61. The molecule has 1 saturated heterocycles. The van der Waals surface area contributed by atoms with Crippen LogP contribution in [0.3, 0.4) is 0 Å². The molecule has 2 heterocycles. The van der Waals surface area contributed by atoms with Crippen LogP contribution in [0.25, 0.3) is 10.2 Å². The number of carbonyl (C=O) groups is 1. The quantitative estimate of drug-likeness (QED) is 0.629. The minimum atomic E-state index is -3.31. The van der Waals surface area contributed by atoms with Gasteiger partial charge in [0.1, 0.15) is 0 Å². The zero-order chi connectivity index (χ0) is 20.6. The molecule has 1 fully saturated rings. The van der Waals surface area contributed by atoms with Gasteiger partial charge in [-0.1, -0.05) is 22.9 Å². The molecule has 3 aromatic rings. The number of nitrogens with one attached hydrogen (secondary N) is 1. The summed E-state index contributed by atoms with van der Waals surface area (Å²) in [4.78, 5) is 19.6. The second-order valence-electron chi connectivity index (χ2n) is 7.09. The SMILES string of the molecule is CS(=O)(=O)c1ccc2sc(NC(=O)c3ccc(Cl)c(N4CCCCC4)c3)nc2c1. The molecule has 0 saturated carbocycles. The van der Waals surface area contributed by atoms with Crippen molar-refractivity contribution >= 4 is 59.7 Å². The summed E-state index contributed by atoms with van der Waals surface area (Å²) in [6.45, 7) is 1.87. The van der Waals surface area contributed by atoms with Crippen molar-refractivity contribution in [3.63, 3.8) is 0 Å². The highest BCUT2D eigenvalue weighted by Crippen LogP contribution is 2.31. The van der Waals surface area contributed by atoms with E-state index in [9.17, 15) is 13.2 Å². The first-order valence-electron chi connectivity index (χ1n) is 9.28. The van der Waals surface area contributed by atoms with Crippen LogP contribution in [0.4, 0.5) is 10.8 Å². The molecule has 9 heteroatoms. The van der Waals surface area contributed by atoms with Crippen LogP contribution in [0.5, 0.6) is 0 Å². The Hall–Kier alpha value is -2.16. The molecule has 0 unspecified atom stereocenters. The van der Waals surface area contributed by atoms with E-state index >= 15 is 0 Å². The number of halogens is 1. The highest BCUT2D eigenvalue weighted by atomic mass is 35.5. The Bertz CT molecular complexity index is 1180. The van der Waals surface area contributed by atoms with Gasteiger partial charge in [0, 0.05) is 24.9 Å². The predicted molar refractivity (Wildman–Crippen MR) is 118 cm³/mol. The van der Waals surface area contributed by atoms with Crippen LogP contribution in [0.15, 0.2) is 41.3 Å². The van der Waals surface area contributed by atoms with Crippen LogP contribution < -0.4 is 10.2 Å². The third-order valence-corrected chi connectivity index (χ3v) is 7.29. The Kier molecular flexibility index (Phi) is 5.50. The van der Waals surface area contributed by atoms with Gasteiger partial charge in [-0.05, 0) is 55.7 Å². The van der Waals surface area contributed by atoms with E-state index in [1.165, 1.54) is 23.8 Å². The van der Waals surface area contributed by atoms with Crippen molar-refractivity contribution in [1.82, 2.24) is 4.98 Å². The number of anilines is 2. The van der Waals surface area contributed by atoms with Gasteiger partial charge in [-0.3, -0.25) is 10.1 Å². The number of fused-ring (bicyclic) bond motifs is 1. The number of sulfone groups is 1. The van der Waals surface area contributed by atoms with E-state index in [1.807, 2.05) is 6.07 Å². The molecule has 0 radical (unpaired) electrons. The standard InChI is InChI=1S/C20H20ClN3O3S2/c1-29(26,27)14-6-8-18-16(12-14)22-20(28-18)23-19(25)13-5-7-15(21)17(11-13)24-9-3-2-4-10-24/h5-8,11-12H,2-4,9-10H2,1H3,(H,22,23,25). The van der Waals surface area contributed by atoms with Crippen LogP contribution in [-0.4, -0.2) is 38.7 Å². The summed E-state index contributed by atoms with van der Waals surface area (Å²) < 4.78 is 24.3. The Morgan fingerprint density at radius 1 is 1.14 bits per heavy atom. The average molecular weight is 450 g/mol. The molecule has 1 amide bonds. The van der Waals surface area contributed by atoms with E-state index in [0.717, 1.165) is 42.6 Å². The van der Waals surface area contributed by atoms with E-state index in [2.05, 4.69) is 15.2 Å². The van der Waals surface area contributed by atoms with E-state index in [0.29, 0.717) is 21.2 Å². The molecule has 4 rings (SSSR count). The maximum atomic E-state index is 12.8. The molecule has 152 valence electrons. The maximum absolute atomic E-state index is 12.8. The van der Waals surface area contributed by atoms with Gasteiger partial charge in [0.15, 0.2) is 15.0 Å². The minimum Gasteiger partial charge on any atom is -0.370 e. The molecule has 1 aliphatic rings. The molecule has 0 atom stereocenters. The number of carbonyl (C=O) groups excluding carboxylic acids is 1. The van der Waals surface area contributed by atoms with Gasteiger partial charge in [0.05, 0.1) is 25.8 Å². The van der Waals surface area contributed by atoms with Gasteiger partial charge in [-0.2, -0.15) is 0 Å². The molecule has 1 aliphatic heterocycles. The van der Waals surface area contributed by atoms with E-state index in [1.54, 1.807) is 24.3 Å². The van der Waals surface area contributed by atoms with E-state index in [-0.39, 0.29) is 10.8 Å². The van der Waals surface area contributed by atoms with Gasteiger partial charge in [0.2, 0.25) is 0 Å². The normalized spacial score (nSPS) is 14.9. The van der Waals surface area contributed by atoms with Crippen LogP contribution in [0.1, 0.15) is 29.6 Å². The van der Waals surface area contributed by atoms with Crippen molar-refractivity contribution in [3.05, 3.63) is 47.0 Å². The fraction of sp³-hybridized carbons (Fsp3) is 0.300. The molecule has 1 N–H and O–H groups in total. The van der Waals surface area contributed by atoms with Crippen molar-refractivity contribution in [2.24, 2.45) is 0 Å². The number of piperidine rings is 1. The number of nitrogens with zero attached hydrogens (tertiary/aromatic N) is 2. The van der Waals surface area contributed by atoms with Gasteiger partial charge < -0.3 is 4.90 Å². The Labute approximate surface area is 178 Å². The first-order valence-corrected chi connectivity index (χ1v) is 12.4. The molecular weight excluding hydrogens is 430 g/mol. The smallest absolute Gasteiger partial charge is 0.257 e. The van der Waals surface area contributed by atoms with E-state index in [4.69, 9.17) is 11.6 Å². The lowest BCUT2D eigenvalue weighted by Gasteiger charge is -2.29. The van der Waals surface area contributed by atoms with Crippen LogP contribution >= 0.6 is 22.9 Å². The second kappa shape index (κ2) is 7.93. The molecule has 0 spiro atoms. The highest BCUT2D eigenvalue weighted by Gasteiger charge is 2.18. The van der Waals surface area contributed by atoms with Crippen molar-refractivity contribution in [3.8, 4) is 0 Å². The maximum Gasteiger partial charge on any atom is 0.257 e. The number of hydrogen-bond donors (Lipinski definition) is 1. The van der Waals surface area contributed by atoms with Gasteiger partial charge in [-0.25, -0.2) is 13.4 Å². The van der Waals surface area contributed by atoms with Gasteiger partial charge in [-0.15, -0.1) is 0 Å². The number of benzene rings is 2. The topological polar surface area (TPSA) is 79.4 Å². The number of rotatable bonds is 4. The highest BCUT2D eigenvalue weighted by molar-refractivity contribution is 7.90. The largest absolute Gasteiger partial charge is 0.370 e. The first-order chi connectivity index (χ1) is 13.8. The molecule has 1 aromatic heterocycles. The third kappa shape index (κ3) is 4.39. The van der Waals surface area contributed by atoms with Gasteiger partial charge >= 0.3 is 0 Å². The van der Waals surface area contributed by atoms with Crippen LogP contribution in [0, 0.1) is 0 Å². The van der Waals surface area contributed by atoms with Gasteiger partial charge in [0.25, 0.3) is 5.91 Å². The van der Waals surface area contributed by atoms with Crippen LogP contribution in [-0.2, 0) is 9.84 Å². The molecule has 6 nitrogen and oxygen atoms in total. The summed E-state index contributed by atoms with van der Waals surface area (Å²) in [7, 11) is -3.31. The molecule has 2 aromatic carbocycles. The predicted octanol–water partition coefficient (Wildman–Crippen LogP) is 4.60. The molecule has 0 aliphatic carbocycles. The Balaban J connectivity index is 1.57. The average Bonchev–Trinajstić information content (AvgIpc) is 3.09. The summed E-state index contributed by atoms with van der Waals surface area (Å²) in [5, 5.41) is 3.87. The Morgan fingerprint density at radius 2 is 1.90 bits per heavy atom. The third-order valence-electron chi connectivity index (χ3n) is 4.91. The fourth-order valence-electron chi connectivity index (χ4n) is 3.39.